The summed E-state index contributed by atoms with van der Waals surface area (Å²) in [7, 11) is 0. The van der Waals surface area contributed by atoms with Gasteiger partial charge in [-0.1, -0.05) is 30.3 Å². The largest absolute Gasteiger partial charge is 0.480 e. The molecule has 2 N–H and O–H groups in total. The number of carboxylic acid groups (broad SMARTS) is 1. The van der Waals surface area contributed by atoms with Gasteiger partial charge in [-0.2, -0.15) is 0 Å². The Kier molecular flexibility index (Phi) is 5.00. The number of aliphatic carboxylic acids is 1. The zero-order valence-corrected chi connectivity index (χ0v) is 11.7. The Morgan fingerprint density at radius 1 is 1.04 bits per heavy atom. The van der Waals surface area contributed by atoms with Crippen molar-refractivity contribution >= 4 is 11.9 Å². The lowest BCUT2D eigenvalue weighted by Gasteiger charge is -2.15. The van der Waals surface area contributed by atoms with Gasteiger partial charge in [-0.3, -0.25) is 4.79 Å². The molecule has 0 fully saturated rings. The highest BCUT2D eigenvalue weighted by atomic mass is 19.1. The fourth-order valence-electron chi connectivity index (χ4n) is 2.04. The first kappa shape index (κ1) is 16.5. The summed E-state index contributed by atoms with van der Waals surface area (Å²) in [6.07, 6.45) is -0.0631. The second kappa shape index (κ2) is 6.95. The minimum atomic E-state index is -1.40. The molecule has 0 aromatic heterocycles. The number of amides is 1. The summed E-state index contributed by atoms with van der Waals surface area (Å²) in [6, 6.07) is 7.75. The first-order valence-electron chi connectivity index (χ1n) is 6.60. The van der Waals surface area contributed by atoms with E-state index in [4.69, 9.17) is 5.11 Å². The van der Waals surface area contributed by atoms with Crippen LogP contribution in [0.15, 0.2) is 42.5 Å². The van der Waals surface area contributed by atoms with Crippen molar-refractivity contribution in [2.75, 3.05) is 0 Å². The maximum absolute atomic E-state index is 13.6. The molecule has 0 aliphatic heterocycles. The zero-order chi connectivity index (χ0) is 17.0. The van der Waals surface area contributed by atoms with Crippen molar-refractivity contribution in [2.24, 2.45) is 0 Å². The molecule has 7 heteroatoms. The third-order valence-corrected chi connectivity index (χ3v) is 3.12. The molecule has 0 radical (unpaired) electrons. The van der Waals surface area contributed by atoms with E-state index in [0.717, 1.165) is 0 Å². The molecular formula is C16H12F3NO3. The molecule has 0 heterocycles. The van der Waals surface area contributed by atoms with Crippen LogP contribution >= 0.6 is 0 Å². The van der Waals surface area contributed by atoms with Gasteiger partial charge in [0.15, 0.2) is 0 Å². The average molecular weight is 323 g/mol. The summed E-state index contributed by atoms with van der Waals surface area (Å²) in [6.45, 7) is 0. The molecule has 0 aliphatic rings. The zero-order valence-electron chi connectivity index (χ0n) is 11.7. The number of benzene rings is 2. The molecule has 2 aromatic rings. The number of rotatable bonds is 5. The molecule has 120 valence electrons. The van der Waals surface area contributed by atoms with Gasteiger partial charge in [0, 0.05) is 18.6 Å². The van der Waals surface area contributed by atoms with Crippen molar-refractivity contribution in [1.82, 2.24) is 5.32 Å². The first-order chi connectivity index (χ1) is 10.9. The van der Waals surface area contributed by atoms with Crippen LogP contribution in [0, 0.1) is 17.5 Å². The fraction of sp³-hybridized carbons (Fsp3) is 0.125. The van der Waals surface area contributed by atoms with Gasteiger partial charge in [-0.05, 0) is 5.56 Å². The van der Waals surface area contributed by atoms with E-state index >= 15 is 0 Å². The van der Waals surface area contributed by atoms with Crippen LogP contribution in [0.1, 0.15) is 15.9 Å². The number of carbonyl (C=O) groups is 2. The van der Waals surface area contributed by atoms with Gasteiger partial charge in [0.25, 0.3) is 5.91 Å². The van der Waals surface area contributed by atoms with Crippen LogP contribution in [0.4, 0.5) is 13.2 Å². The van der Waals surface area contributed by atoms with Crippen LogP contribution in [0.25, 0.3) is 0 Å². The molecule has 0 saturated heterocycles. The van der Waals surface area contributed by atoms with Gasteiger partial charge in [0.1, 0.15) is 29.1 Å². The molecule has 23 heavy (non-hydrogen) atoms. The van der Waals surface area contributed by atoms with Crippen LogP contribution in [0.2, 0.25) is 0 Å². The van der Waals surface area contributed by atoms with Crippen LogP contribution in [-0.4, -0.2) is 23.0 Å². The minimum absolute atomic E-state index is 0.0631. The van der Waals surface area contributed by atoms with E-state index in [1.54, 1.807) is 30.3 Å². The van der Waals surface area contributed by atoms with Crippen molar-refractivity contribution in [3.63, 3.8) is 0 Å². The molecule has 0 unspecified atom stereocenters. The molecule has 4 nitrogen and oxygen atoms in total. The molecule has 0 spiro atoms. The lowest BCUT2D eigenvalue weighted by Crippen LogP contribution is -2.43. The number of hydrogen-bond acceptors (Lipinski definition) is 2. The predicted octanol–water partition coefficient (Wildman–Crippen LogP) is 2.53. The second-order valence-corrected chi connectivity index (χ2v) is 4.80. The Balaban J connectivity index is 2.21. The molecule has 0 saturated carbocycles. The summed E-state index contributed by atoms with van der Waals surface area (Å²) in [4.78, 5) is 23.2. The van der Waals surface area contributed by atoms with E-state index < -0.39 is 40.9 Å². The Labute approximate surface area is 129 Å². The van der Waals surface area contributed by atoms with Gasteiger partial charge < -0.3 is 10.4 Å². The van der Waals surface area contributed by atoms with Crippen LogP contribution in [0.3, 0.4) is 0 Å². The quantitative estimate of drug-likeness (QED) is 0.888. The molecule has 0 bridgehead atoms. The maximum Gasteiger partial charge on any atom is 0.326 e. The van der Waals surface area contributed by atoms with Gasteiger partial charge in [0.05, 0.1) is 0 Å². The number of carboxylic acids is 1. The SMILES string of the molecule is O=C(N[C@@H](Cc1ccccc1)C(=O)O)c1c(F)cc(F)cc1F. The number of nitrogens with one attached hydrogen (secondary N) is 1. The molecular weight excluding hydrogens is 311 g/mol. The molecule has 1 atom stereocenters. The summed E-state index contributed by atoms with van der Waals surface area (Å²) < 4.78 is 39.9. The predicted molar refractivity (Wildman–Crippen MR) is 75.4 cm³/mol. The highest BCUT2D eigenvalue weighted by Gasteiger charge is 2.25. The van der Waals surface area contributed by atoms with E-state index in [1.807, 2.05) is 5.32 Å². The normalized spacial score (nSPS) is 11.8. The maximum atomic E-state index is 13.6. The fourth-order valence-corrected chi connectivity index (χ4v) is 2.04. The van der Waals surface area contributed by atoms with E-state index in [0.29, 0.717) is 17.7 Å². The molecule has 2 aromatic carbocycles. The average Bonchev–Trinajstić information content (AvgIpc) is 2.46. The van der Waals surface area contributed by atoms with Crippen LogP contribution < -0.4 is 5.32 Å². The van der Waals surface area contributed by atoms with Crippen molar-refractivity contribution in [3.8, 4) is 0 Å². The van der Waals surface area contributed by atoms with Gasteiger partial charge in [-0.15, -0.1) is 0 Å². The van der Waals surface area contributed by atoms with Gasteiger partial charge in [0.2, 0.25) is 0 Å². The summed E-state index contributed by atoms with van der Waals surface area (Å²) in [5.74, 6) is -6.59. The minimum Gasteiger partial charge on any atom is -0.480 e. The Bertz CT molecular complexity index is 712. The number of hydrogen-bond donors (Lipinski definition) is 2. The molecule has 1 amide bonds. The first-order valence-corrected chi connectivity index (χ1v) is 6.60. The second-order valence-electron chi connectivity index (χ2n) is 4.80. The van der Waals surface area contributed by atoms with Crippen molar-refractivity contribution < 1.29 is 27.9 Å². The summed E-state index contributed by atoms with van der Waals surface area (Å²) in [5, 5.41) is 11.2. The van der Waals surface area contributed by atoms with Crippen LogP contribution in [0.5, 0.6) is 0 Å². The van der Waals surface area contributed by atoms with Crippen molar-refractivity contribution in [3.05, 3.63) is 71.0 Å². The highest BCUT2D eigenvalue weighted by Crippen LogP contribution is 2.15. The van der Waals surface area contributed by atoms with Gasteiger partial charge >= 0.3 is 5.97 Å². The lowest BCUT2D eigenvalue weighted by atomic mass is 10.1. The lowest BCUT2D eigenvalue weighted by molar-refractivity contribution is -0.139. The Morgan fingerprint density at radius 2 is 1.61 bits per heavy atom. The monoisotopic (exact) mass is 323 g/mol. The summed E-state index contributed by atoms with van der Waals surface area (Å²) >= 11 is 0. The van der Waals surface area contributed by atoms with Gasteiger partial charge in [-0.25, -0.2) is 18.0 Å². The van der Waals surface area contributed by atoms with E-state index in [1.165, 1.54) is 0 Å². The van der Waals surface area contributed by atoms with E-state index in [9.17, 15) is 22.8 Å². The third-order valence-electron chi connectivity index (χ3n) is 3.12. The summed E-state index contributed by atoms with van der Waals surface area (Å²) in [5.41, 5.74) is -0.397. The molecule has 0 aliphatic carbocycles. The van der Waals surface area contributed by atoms with Crippen molar-refractivity contribution in [2.45, 2.75) is 12.5 Å². The molecule has 2 rings (SSSR count). The Hall–Kier alpha value is -2.83. The third kappa shape index (κ3) is 4.09. The van der Waals surface area contributed by atoms with E-state index in [-0.39, 0.29) is 6.42 Å². The highest BCUT2D eigenvalue weighted by molar-refractivity contribution is 5.97. The van der Waals surface area contributed by atoms with E-state index in [2.05, 4.69) is 0 Å². The van der Waals surface area contributed by atoms with Crippen molar-refractivity contribution in [1.29, 1.82) is 0 Å². The van der Waals surface area contributed by atoms with Crippen LogP contribution in [-0.2, 0) is 11.2 Å². The number of halogens is 3. The smallest absolute Gasteiger partial charge is 0.326 e. The topological polar surface area (TPSA) is 66.4 Å². The Morgan fingerprint density at radius 3 is 2.13 bits per heavy atom. The standard InChI is InChI=1S/C16H12F3NO3/c17-10-7-11(18)14(12(19)8-10)15(21)20-13(16(22)23)6-9-4-2-1-3-5-9/h1-5,7-8,13H,6H2,(H,20,21)(H,22,23)/t13-/m0/s1. The number of carbonyl (C=O) groups excluding carboxylic acids is 1.